The molecule has 0 fully saturated rings. The first-order valence-electron chi connectivity index (χ1n) is 6.50. The van der Waals surface area contributed by atoms with Gasteiger partial charge in [0.05, 0.1) is 11.2 Å². The molecular formula is C16H17N3. The number of benzene rings is 1. The van der Waals surface area contributed by atoms with E-state index in [4.69, 9.17) is 5.73 Å². The van der Waals surface area contributed by atoms with Crippen molar-refractivity contribution in [3.8, 4) is 0 Å². The van der Waals surface area contributed by atoms with Gasteiger partial charge in [-0.3, -0.25) is 4.98 Å². The van der Waals surface area contributed by atoms with Crippen LogP contribution in [0.1, 0.15) is 16.8 Å². The van der Waals surface area contributed by atoms with Crippen LogP contribution in [0.4, 0.5) is 5.82 Å². The van der Waals surface area contributed by atoms with Gasteiger partial charge in [-0.2, -0.15) is 0 Å². The molecule has 0 amide bonds. The van der Waals surface area contributed by atoms with Crippen LogP contribution in [0.15, 0.2) is 48.8 Å². The Morgan fingerprint density at radius 2 is 1.95 bits per heavy atom. The maximum atomic E-state index is 5.99. The number of nitrogens with two attached hydrogens (primary N) is 1. The number of rotatable bonds is 3. The van der Waals surface area contributed by atoms with Crippen molar-refractivity contribution >= 4 is 11.3 Å². The van der Waals surface area contributed by atoms with Crippen molar-refractivity contribution in [3.05, 3.63) is 65.6 Å². The Labute approximate surface area is 112 Å². The van der Waals surface area contributed by atoms with Gasteiger partial charge in [0, 0.05) is 12.4 Å². The van der Waals surface area contributed by atoms with Crippen LogP contribution in [0.25, 0.3) is 5.52 Å². The summed E-state index contributed by atoms with van der Waals surface area (Å²) >= 11 is 0. The van der Waals surface area contributed by atoms with E-state index >= 15 is 0 Å². The maximum Gasteiger partial charge on any atom is 0.108 e. The van der Waals surface area contributed by atoms with Gasteiger partial charge in [0.15, 0.2) is 0 Å². The van der Waals surface area contributed by atoms with Gasteiger partial charge < -0.3 is 10.1 Å². The zero-order valence-corrected chi connectivity index (χ0v) is 11.0. The zero-order valence-electron chi connectivity index (χ0n) is 11.0. The summed E-state index contributed by atoms with van der Waals surface area (Å²) < 4.78 is 2.02. The van der Waals surface area contributed by atoms with E-state index in [1.54, 1.807) is 0 Å². The van der Waals surface area contributed by atoms with Crippen LogP contribution in [0.5, 0.6) is 0 Å². The Morgan fingerprint density at radius 3 is 2.74 bits per heavy atom. The van der Waals surface area contributed by atoms with E-state index in [0.29, 0.717) is 0 Å². The molecule has 0 aliphatic rings. The second kappa shape index (κ2) is 4.76. The molecule has 2 N–H and O–H groups in total. The summed E-state index contributed by atoms with van der Waals surface area (Å²) in [4.78, 5) is 4.52. The molecule has 3 heteroatoms. The Bertz CT molecular complexity index is 699. The molecule has 96 valence electrons. The molecule has 0 aliphatic heterocycles. The van der Waals surface area contributed by atoms with Crippen LogP contribution in [0.2, 0.25) is 0 Å². The molecule has 0 saturated heterocycles. The Balaban J connectivity index is 1.93. The zero-order chi connectivity index (χ0) is 13.2. The third-order valence-corrected chi connectivity index (χ3v) is 3.47. The summed E-state index contributed by atoms with van der Waals surface area (Å²) in [5.41, 5.74) is 10.8. The molecule has 1 aromatic carbocycles. The molecule has 0 radical (unpaired) electrons. The highest BCUT2D eigenvalue weighted by Gasteiger charge is 2.09. The number of fused-ring (bicyclic) bond motifs is 1. The van der Waals surface area contributed by atoms with Crippen molar-refractivity contribution in [2.75, 3.05) is 5.73 Å². The van der Waals surface area contributed by atoms with Gasteiger partial charge >= 0.3 is 0 Å². The van der Waals surface area contributed by atoms with Crippen molar-refractivity contribution in [1.29, 1.82) is 0 Å². The highest BCUT2D eigenvalue weighted by molar-refractivity contribution is 5.65. The van der Waals surface area contributed by atoms with Crippen molar-refractivity contribution in [2.45, 2.75) is 19.8 Å². The SMILES string of the molecule is Cc1cc(N)n2ccnc(CCc3ccccc3)c12. The number of anilines is 1. The van der Waals surface area contributed by atoms with Crippen molar-refractivity contribution in [2.24, 2.45) is 0 Å². The second-order valence-electron chi connectivity index (χ2n) is 4.83. The van der Waals surface area contributed by atoms with Gasteiger partial charge in [0.1, 0.15) is 5.82 Å². The fraction of sp³-hybridized carbons (Fsp3) is 0.188. The molecular weight excluding hydrogens is 234 g/mol. The van der Waals surface area contributed by atoms with Crippen LogP contribution in [0, 0.1) is 6.92 Å². The van der Waals surface area contributed by atoms with E-state index in [2.05, 4.69) is 36.2 Å². The molecule has 3 aromatic rings. The third-order valence-electron chi connectivity index (χ3n) is 3.47. The fourth-order valence-corrected chi connectivity index (χ4v) is 2.55. The van der Waals surface area contributed by atoms with Gasteiger partial charge in [0.2, 0.25) is 0 Å². The summed E-state index contributed by atoms with van der Waals surface area (Å²) in [6.07, 6.45) is 5.67. The largest absolute Gasteiger partial charge is 0.385 e. The molecule has 3 rings (SSSR count). The Kier molecular flexibility index (Phi) is 2.95. The average Bonchev–Trinajstić information content (AvgIpc) is 2.74. The van der Waals surface area contributed by atoms with Crippen molar-refractivity contribution in [3.63, 3.8) is 0 Å². The van der Waals surface area contributed by atoms with Gasteiger partial charge in [-0.05, 0) is 37.0 Å². The van der Waals surface area contributed by atoms with E-state index in [1.165, 1.54) is 11.1 Å². The number of hydrogen-bond donors (Lipinski definition) is 1. The lowest BCUT2D eigenvalue weighted by molar-refractivity contribution is 0.907. The third kappa shape index (κ3) is 2.19. The summed E-state index contributed by atoms with van der Waals surface area (Å²) in [6, 6.07) is 12.5. The minimum absolute atomic E-state index is 0.774. The van der Waals surface area contributed by atoms with Gasteiger partial charge in [-0.1, -0.05) is 30.3 Å². The predicted molar refractivity (Wildman–Crippen MR) is 78.2 cm³/mol. The smallest absolute Gasteiger partial charge is 0.108 e. The van der Waals surface area contributed by atoms with E-state index < -0.39 is 0 Å². The monoisotopic (exact) mass is 251 g/mol. The molecule has 0 spiro atoms. The van der Waals surface area contributed by atoms with E-state index in [9.17, 15) is 0 Å². The number of aromatic nitrogens is 2. The van der Waals surface area contributed by atoms with Gasteiger partial charge in [-0.25, -0.2) is 0 Å². The summed E-state index contributed by atoms with van der Waals surface area (Å²) in [5, 5.41) is 0. The first kappa shape index (κ1) is 11.8. The van der Waals surface area contributed by atoms with Crippen LogP contribution < -0.4 is 5.73 Å². The highest BCUT2D eigenvalue weighted by Crippen LogP contribution is 2.21. The van der Waals surface area contributed by atoms with E-state index in [0.717, 1.165) is 29.9 Å². The lowest BCUT2D eigenvalue weighted by Gasteiger charge is -2.06. The Morgan fingerprint density at radius 1 is 1.16 bits per heavy atom. The summed E-state index contributed by atoms with van der Waals surface area (Å²) in [7, 11) is 0. The maximum absolute atomic E-state index is 5.99. The number of nitrogens with zero attached hydrogens (tertiary/aromatic N) is 2. The quantitative estimate of drug-likeness (QED) is 0.777. The minimum atomic E-state index is 0.774. The minimum Gasteiger partial charge on any atom is -0.385 e. The molecule has 2 aromatic heterocycles. The van der Waals surface area contributed by atoms with E-state index in [1.807, 2.05) is 28.9 Å². The Hall–Kier alpha value is -2.29. The topological polar surface area (TPSA) is 43.3 Å². The summed E-state index contributed by atoms with van der Waals surface area (Å²) in [5.74, 6) is 0.774. The van der Waals surface area contributed by atoms with Crippen LogP contribution in [-0.2, 0) is 12.8 Å². The van der Waals surface area contributed by atoms with Crippen LogP contribution >= 0.6 is 0 Å². The van der Waals surface area contributed by atoms with Crippen molar-refractivity contribution in [1.82, 2.24) is 9.38 Å². The van der Waals surface area contributed by atoms with Crippen LogP contribution in [0.3, 0.4) is 0 Å². The molecule has 0 atom stereocenters. The molecule has 0 aliphatic carbocycles. The molecule has 0 saturated carbocycles. The highest BCUT2D eigenvalue weighted by atomic mass is 15.0. The van der Waals surface area contributed by atoms with Gasteiger partial charge in [0.25, 0.3) is 0 Å². The fourth-order valence-electron chi connectivity index (χ4n) is 2.55. The van der Waals surface area contributed by atoms with E-state index in [-0.39, 0.29) is 0 Å². The van der Waals surface area contributed by atoms with Gasteiger partial charge in [-0.15, -0.1) is 0 Å². The van der Waals surface area contributed by atoms with Crippen molar-refractivity contribution < 1.29 is 0 Å². The number of aryl methyl sites for hydroxylation is 3. The first-order chi connectivity index (χ1) is 9.25. The lowest BCUT2D eigenvalue weighted by atomic mass is 10.1. The standard InChI is InChI=1S/C16H17N3/c1-12-11-15(17)19-10-9-18-14(16(12)19)8-7-13-5-3-2-4-6-13/h2-6,9-11H,7-8,17H2,1H3. The average molecular weight is 251 g/mol. The lowest BCUT2D eigenvalue weighted by Crippen LogP contribution is -2.00. The van der Waals surface area contributed by atoms with Crippen LogP contribution in [-0.4, -0.2) is 9.38 Å². The molecule has 19 heavy (non-hydrogen) atoms. The summed E-state index contributed by atoms with van der Waals surface area (Å²) in [6.45, 7) is 2.08. The predicted octanol–water partition coefficient (Wildman–Crippen LogP) is 3.01. The number of hydrogen-bond acceptors (Lipinski definition) is 2. The molecule has 2 heterocycles. The second-order valence-corrected chi connectivity index (χ2v) is 4.83. The molecule has 0 unspecified atom stereocenters. The first-order valence-corrected chi connectivity index (χ1v) is 6.50. The molecule has 3 nitrogen and oxygen atoms in total. The molecule has 0 bridgehead atoms. The normalized spacial score (nSPS) is 11.0. The number of nitrogen functional groups attached to an aromatic ring is 1.